The molecular weight excluding hydrogens is 266 g/mol. The summed E-state index contributed by atoms with van der Waals surface area (Å²) in [4.78, 5) is 11.9. The molecule has 116 valence electrons. The van der Waals surface area contributed by atoms with Gasteiger partial charge in [-0.15, -0.1) is 0 Å². The molecule has 4 nitrogen and oxygen atoms in total. The molecule has 0 saturated heterocycles. The number of ether oxygens (including phenoxy) is 1. The second-order valence-electron chi connectivity index (χ2n) is 5.79. The van der Waals surface area contributed by atoms with Crippen molar-refractivity contribution in [3.05, 3.63) is 29.8 Å². The van der Waals surface area contributed by atoms with Crippen molar-refractivity contribution in [2.75, 3.05) is 6.61 Å². The number of benzene rings is 1. The molecule has 0 bridgehead atoms. The fourth-order valence-electron chi connectivity index (χ4n) is 2.63. The zero-order valence-electron chi connectivity index (χ0n) is 12.7. The van der Waals surface area contributed by atoms with Crippen LogP contribution in [0.4, 0.5) is 0 Å². The van der Waals surface area contributed by atoms with Crippen molar-refractivity contribution in [1.82, 2.24) is 5.32 Å². The monoisotopic (exact) mass is 291 g/mol. The zero-order valence-corrected chi connectivity index (χ0v) is 12.7. The molecule has 0 heterocycles. The van der Waals surface area contributed by atoms with Gasteiger partial charge in [-0.1, -0.05) is 37.0 Å². The molecule has 1 amide bonds. The van der Waals surface area contributed by atoms with Crippen LogP contribution in [0.2, 0.25) is 0 Å². The normalized spacial score (nSPS) is 22.4. The van der Waals surface area contributed by atoms with Gasteiger partial charge in [-0.2, -0.15) is 0 Å². The minimum atomic E-state index is -0.408. The van der Waals surface area contributed by atoms with Crippen LogP contribution in [0.25, 0.3) is 0 Å². The third-order valence-corrected chi connectivity index (χ3v) is 3.94. The Bertz CT molecular complexity index is 444. The van der Waals surface area contributed by atoms with Gasteiger partial charge in [0.2, 0.25) is 5.91 Å². The van der Waals surface area contributed by atoms with Gasteiger partial charge >= 0.3 is 0 Å². The lowest BCUT2D eigenvalue weighted by Gasteiger charge is -2.21. The van der Waals surface area contributed by atoms with Gasteiger partial charge in [0.25, 0.3) is 0 Å². The predicted octanol–water partition coefficient (Wildman–Crippen LogP) is 2.57. The molecule has 0 aliphatic heterocycles. The number of aryl methyl sites for hydroxylation is 1. The summed E-state index contributed by atoms with van der Waals surface area (Å²) >= 11 is 0. The van der Waals surface area contributed by atoms with Gasteiger partial charge in [0.05, 0.1) is 25.2 Å². The minimum Gasteiger partial charge on any atom is -0.493 e. The molecule has 2 rings (SSSR count). The Morgan fingerprint density at radius 3 is 2.71 bits per heavy atom. The Hall–Kier alpha value is -1.55. The molecule has 1 aromatic rings. The highest BCUT2D eigenvalue weighted by atomic mass is 16.5. The molecule has 21 heavy (non-hydrogen) atoms. The summed E-state index contributed by atoms with van der Waals surface area (Å²) < 4.78 is 5.55. The van der Waals surface area contributed by atoms with Gasteiger partial charge in [-0.05, 0) is 31.9 Å². The molecular formula is C17H25NO3. The van der Waals surface area contributed by atoms with Gasteiger partial charge in [0.1, 0.15) is 5.75 Å². The van der Waals surface area contributed by atoms with E-state index in [0.717, 1.165) is 37.9 Å². The van der Waals surface area contributed by atoms with Crippen LogP contribution in [0.5, 0.6) is 5.75 Å². The number of nitrogens with one attached hydrogen (secondary N) is 1. The number of aliphatic hydroxyl groups excluding tert-OH is 1. The molecule has 1 fully saturated rings. The van der Waals surface area contributed by atoms with E-state index in [1.165, 1.54) is 5.56 Å². The molecule has 1 aliphatic carbocycles. The summed E-state index contributed by atoms with van der Waals surface area (Å²) in [6.45, 7) is 2.38. The van der Waals surface area contributed by atoms with Crippen LogP contribution in [-0.4, -0.2) is 29.8 Å². The van der Waals surface area contributed by atoms with Gasteiger partial charge in [-0.25, -0.2) is 0 Å². The predicted molar refractivity (Wildman–Crippen MR) is 82.3 cm³/mol. The number of aliphatic hydroxyl groups is 1. The molecule has 1 aliphatic rings. The molecule has 0 spiro atoms. The highest BCUT2D eigenvalue weighted by molar-refractivity contribution is 5.76. The first-order chi connectivity index (χ1) is 10.1. The smallest absolute Gasteiger partial charge is 0.223 e. The van der Waals surface area contributed by atoms with E-state index in [2.05, 4.69) is 5.32 Å². The van der Waals surface area contributed by atoms with Crippen LogP contribution >= 0.6 is 0 Å². The van der Waals surface area contributed by atoms with Gasteiger partial charge in [-0.3, -0.25) is 4.79 Å². The second kappa shape index (κ2) is 8.03. The highest BCUT2D eigenvalue weighted by Crippen LogP contribution is 2.18. The topological polar surface area (TPSA) is 58.6 Å². The first-order valence-corrected chi connectivity index (χ1v) is 7.82. The van der Waals surface area contributed by atoms with E-state index in [0.29, 0.717) is 13.0 Å². The van der Waals surface area contributed by atoms with Crippen LogP contribution in [0, 0.1) is 6.92 Å². The van der Waals surface area contributed by atoms with Gasteiger partial charge < -0.3 is 15.2 Å². The molecule has 1 aromatic carbocycles. The van der Waals surface area contributed by atoms with E-state index in [1.807, 2.05) is 31.2 Å². The Morgan fingerprint density at radius 2 is 1.95 bits per heavy atom. The minimum absolute atomic E-state index is 0.0481. The van der Waals surface area contributed by atoms with Crippen molar-refractivity contribution in [2.45, 2.75) is 57.6 Å². The average molecular weight is 291 g/mol. The molecule has 0 aromatic heterocycles. The molecule has 2 unspecified atom stereocenters. The summed E-state index contributed by atoms with van der Waals surface area (Å²) in [5, 5.41) is 12.9. The largest absolute Gasteiger partial charge is 0.493 e. The fourth-order valence-corrected chi connectivity index (χ4v) is 2.63. The lowest BCUT2D eigenvalue weighted by Crippen LogP contribution is -2.43. The van der Waals surface area contributed by atoms with E-state index < -0.39 is 6.10 Å². The quantitative estimate of drug-likeness (QED) is 0.820. The Balaban J connectivity index is 1.70. The van der Waals surface area contributed by atoms with Gasteiger partial charge in [0, 0.05) is 0 Å². The van der Waals surface area contributed by atoms with E-state index in [4.69, 9.17) is 4.74 Å². The van der Waals surface area contributed by atoms with E-state index in [9.17, 15) is 9.90 Å². The number of carbonyl (C=O) groups is 1. The maximum atomic E-state index is 11.9. The van der Waals surface area contributed by atoms with Crippen molar-refractivity contribution in [1.29, 1.82) is 0 Å². The van der Waals surface area contributed by atoms with Crippen molar-refractivity contribution in [3.63, 3.8) is 0 Å². The summed E-state index contributed by atoms with van der Waals surface area (Å²) in [5.41, 5.74) is 1.18. The number of carbonyl (C=O) groups excluding carboxylic acids is 1. The molecule has 2 atom stereocenters. The van der Waals surface area contributed by atoms with Gasteiger partial charge in [0.15, 0.2) is 0 Å². The lowest BCUT2D eigenvalue weighted by atomic mass is 10.1. The Kier molecular flexibility index (Phi) is 6.05. The molecule has 0 radical (unpaired) electrons. The van der Waals surface area contributed by atoms with Crippen LogP contribution in [0.1, 0.15) is 44.1 Å². The van der Waals surface area contributed by atoms with Crippen molar-refractivity contribution in [2.24, 2.45) is 0 Å². The summed E-state index contributed by atoms with van der Waals surface area (Å²) in [6, 6.07) is 7.68. The number of amides is 1. The first-order valence-electron chi connectivity index (χ1n) is 7.82. The standard InChI is InChI=1S/C17H25NO3/c1-13-7-9-14(10-8-13)21-12-11-17(20)18-15-5-3-2-4-6-16(15)19/h7-10,15-16,19H,2-6,11-12H2,1H3,(H,18,20). The zero-order chi connectivity index (χ0) is 15.1. The van der Waals surface area contributed by atoms with E-state index >= 15 is 0 Å². The fraction of sp³-hybridized carbons (Fsp3) is 0.588. The SMILES string of the molecule is Cc1ccc(OCCC(=O)NC2CCCCCC2O)cc1. The van der Waals surface area contributed by atoms with Crippen molar-refractivity contribution in [3.8, 4) is 5.75 Å². The number of rotatable bonds is 5. The Morgan fingerprint density at radius 1 is 1.24 bits per heavy atom. The molecule has 2 N–H and O–H groups in total. The van der Waals surface area contributed by atoms with Crippen molar-refractivity contribution < 1.29 is 14.6 Å². The van der Waals surface area contributed by atoms with Crippen LogP contribution < -0.4 is 10.1 Å². The molecule has 4 heteroatoms. The Labute approximate surface area is 126 Å². The van der Waals surface area contributed by atoms with Crippen molar-refractivity contribution >= 4 is 5.91 Å². The number of hydrogen-bond donors (Lipinski definition) is 2. The van der Waals surface area contributed by atoms with Crippen LogP contribution in [-0.2, 0) is 4.79 Å². The third kappa shape index (κ3) is 5.38. The third-order valence-electron chi connectivity index (χ3n) is 3.94. The van der Waals surface area contributed by atoms with E-state index in [1.54, 1.807) is 0 Å². The summed E-state index contributed by atoms with van der Waals surface area (Å²) in [6.07, 6.45) is 4.81. The number of hydrogen-bond acceptors (Lipinski definition) is 3. The maximum absolute atomic E-state index is 11.9. The lowest BCUT2D eigenvalue weighted by molar-refractivity contribution is -0.123. The maximum Gasteiger partial charge on any atom is 0.223 e. The second-order valence-corrected chi connectivity index (χ2v) is 5.79. The van der Waals surface area contributed by atoms with Crippen LogP contribution in [0.3, 0.4) is 0 Å². The average Bonchev–Trinajstić information content (AvgIpc) is 2.66. The van der Waals surface area contributed by atoms with E-state index in [-0.39, 0.29) is 11.9 Å². The highest BCUT2D eigenvalue weighted by Gasteiger charge is 2.22. The first kappa shape index (κ1) is 15.8. The molecule has 1 saturated carbocycles. The summed E-state index contributed by atoms with van der Waals surface area (Å²) in [5.74, 6) is 0.732. The summed E-state index contributed by atoms with van der Waals surface area (Å²) in [7, 11) is 0. The van der Waals surface area contributed by atoms with Crippen LogP contribution in [0.15, 0.2) is 24.3 Å².